The Hall–Kier alpha value is -1.11. The Morgan fingerprint density at radius 2 is 0.968 bits per heavy atom. The van der Waals surface area contributed by atoms with E-state index in [2.05, 4.69) is 6.92 Å². The van der Waals surface area contributed by atoms with Crippen LogP contribution in [0.5, 0.6) is 0 Å². The Morgan fingerprint density at radius 3 is 1.26 bits per heavy atom. The average Bonchev–Trinajstić information content (AvgIpc) is 2.74. The molecule has 0 saturated heterocycles. The quantitative estimate of drug-likeness (QED) is 0.179. The molecule has 0 aromatic heterocycles. The highest BCUT2D eigenvalue weighted by atomic mass is 16.4. The molecule has 6 heteroatoms. The van der Waals surface area contributed by atoms with Crippen molar-refractivity contribution in [3.05, 3.63) is 0 Å². The first-order valence-corrected chi connectivity index (χ1v) is 12.3. The maximum Gasteiger partial charge on any atom is 0.219 e. The van der Waals surface area contributed by atoms with Crippen LogP contribution in [0.25, 0.3) is 0 Å². The second-order valence-corrected chi connectivity index (χ2v) is 8.96. The van der Waals surface area contributed by atoms with Gasteiger partial charge >= 0.3 is 0 Å². The normalized spacial score (nSPS) is 15.3. The van der Waals surface area contributed by atoms with E-state index in [1.807, 2.05) is 0 Å². The summed E-state index contributed by atoms with van der Waals surface area (Å²) in [5.74, 6) is -2.97. The number of hydrogen-bond donors (Lipinski definition) is 3. The summed E-state index contributed by atoms with van der Waals surface area (Å²) in [7, 11) is 0. The first kappa shape index (κ1) is 29.9. The van der Waals surface area contributed by atoms with Crippen molar-refractivity contribution in [3.63, 3.8) is 0 Å². The number of ketones is 3. The molecule has 0 rings (SSSR count). The summed E-state index contributed by atoms with van der Waals surface area (Å²) in [6, 6.07) is 0. The SMILES string of the molecule is CCCCCCCCCCCCCCCCCC(=O)C(O)(C(C)=O)C(O)(CO)C(C)=O. The summed E-state index contributed by atoms with van der Waals surface area (Å²) in [6.45, 7) is 2.92. The zero-order chi connectivity index (χ0) is 23.8. The van der Waals surface area contributed by atoms with Crippen LogP contribution in [0.15, 0.2) is 0 Å². The Kier molecular flexibility index (Phi) is 15.9. The minimum absolute atomic E-state index is 0.121. The lowest BCUT2D eigenvalue weighted by Gasteiger charge is -2.37. The van der Waals surface area contributed by atoms with Crippen molar-refractivity contribution < 1.29 is 29.7 Å². The Bertz CT molecular complexity index is 532. The number of carbonyl (C=O) groups is 3. The maximum atomic E-state index is 12.5. The lowest BCUT2D eigenvalue weighted by molar-refractivity contribution is -0.192. The van der Waals surface area contributed by atoms with Gasteiger partial charge in [0.15, 0.2) is 23.0 Å². The van der Waals surface area contributed by atoms with Gasteiger partial charge in [-0.25, -0.2) is 0 Å². The average molecular weight is 443 g/mol. The van der Waals surface area contributed by atoms with Crippen LogP contribution in [0.2, 0.25) is 0 Å². The fourth-order valence-corrected chi connectivity index (χ4v) is 4.04. The fraction of sp³-hybridized carbons (Fsp3) is 0.880. The molecule has 6 nitrogen and oxygen atoms in total. The highest BCUT2D eigenvalue weighted by Gasteiger charge is 2.60. The zero-order valence-electron chi connectivity index (χ0n) is 20.1. The topological polar surface area (TPSA) is 112 Å². The van der Waals surface area contributed by atoms with E-state index in [9.17, 15) is 29.7 Å². The van der Waals surface area contributed by atoms with Gasteiger partial charge in [0.25, 0.3) is 0 Å². The van der Waals surface area contributed by atoms with Gasteiger partial charge in [0.1, 0.15) is 0 Å². The van der Waals surface area contributed by atoms with E-state index in [4.69, 9.17) is 0 Å². The molecule has 0 aromatic rings. The Morgan fingerprint density at radius 1 is 0.613 bits per heavy atom. The van der Waals surface area contributed by atoms with E-state index >= 15 is 0 Å². The smallest absolute Gasteiger partial charge is 0.219 e. The summed E-state index contributed by atoms with van der Waals surface area (Å²) in [4.78, 5) is 36.0. The van der Waals surface area contributed by atoms with Crippen molar-refractivity contribution in [3.8, 4) is 0 Å². The largest absolute Gasteiger partial charge is 0.393 e. The molecule has 0 radical (unpaired) electrons. The summed E-state index contributed by atoms with van der Waals surface area (Å²) < 4.78 is 0. The number of rotatable bonds is 21. The number of unbranched alkanes of at least 4 members (excludes halogenated alkanes) is 14. The van der Waals surface area contributed by atoms with Crippen molar-refractivity contribution in [2.24, 2.45) is 0 Å². The van der Waals surface area contributed by atoms with Gasteiger partial charge in [-0.3, -0.25) is 14.4 Å². The van der Waals surface area contributed by atoms with Gasteiger partial charge in [0.2, 0.25) is 5.60 Å². The number of hydrogen-bond acceptors (Lipinski definition) is 6. The second-order valence-electron chi connectivity index (χ2n) is 8.96. The molecular formula is C25H46O6. The second kappa shape index (κ2) is 16.5. The summed E-state index contributed by atoms with van der Waals surface area (Å²) >= 11 is 0. The van der Waals surface area contributed by atoms with Crippen molar-refractivity contribution in [2.75, 3.05) is 6.61 Å². The zero-order valence-corrected chi connectivity index (χ0v) is 20.1. The predicted molar refractivity (Wildman–Crippen MR) is 123 cm³/mol. The lowest BCUT2D eigenvalue weighted by Crippen LogP contribution is -2.68. The molecule has 0 heterocycles. The molecule has 0 bridgehead atoms. The van der Waals surface area contributed by atoms with Crippen molar-refractivity contribution in [1.82, 2.24) is 0 Å². The molecule has 2 unspecified atom stereocenters. The van der Waals surface area contributed by atoms with Gasteiger partial charge in [0, 0.05) is 6.42 Å². The number of carbonyl (C=O) groups excluding carboxylic acids is 3. The van der Waals surface area contributed by atoms with Crippen LogP contribution in [-0.2, 0) is 14.4 Å². The predicted octanol–water partition coefficient (Wildman–Crippen LogP) is 4.45. The van der Waals surface area contributed by atoms with E-state index in [-0.39, 0.29) is 6.42 Å². The van der Waals surface area contributed by atoms with E-state index in [1.54, 1.807) is 0 Å². The summed E-state index contributed by atoms with van der Waals surface area (Å²) in [6.07, 6.45) is 17.5. The first-order chi connectivity index (χ1) is 14.7. The molecule has 182 valence electrons. The Balaban J connectivity index is 3.96. The van der Waals surface area contributed by atoms with E-state index in [1.165, 1.54) is 64.2 Å². The molecule has 0 aliphatic carbocycles. The van der Waals surface area contributed by atoms with Gasteiger partial charge in [0.05, 0.1) is 6.61 Å². The monoisotopic (exact) mass is 442 g/mol. The highest BCUT2D eigenvalue weighted by molar-refractivity contribution is 6.15. The minimum atomic E-state index is -2.90. The Labute approximate surface area is 188 Å². The van der Waals surface area contributed by atoms with E-state index in [0.29, 0.717) is 6.42 Å². The van der Waals surface area contributed by atoms with Gasteiger partial charge in [-0.1, -0.05) is 96.8 Å². The number of aliphatic hydroxyl groups is 3. The number of Topliss-reactive ketones (excluding diaryl/α,β-unsaturated/α-hetero) is 3. The van der Waals surface area contributed by atoms with Crippen molar-refractivity contribution >= 4 is 17.3 Å². The van der Waals surface area contributed by atoms with E-state index < -0.39 is 35.2 Å². The third-order valence-electron chi connectivity index (χ3n) is 6.33. The molecule has 0 fully saturated rings. The molecule has 2 atom stereocenters. The molecule has 0 aliphatic rings. The molecule has 0 amide bonds. The van der Waals surface area contributed by atoms with E-state index in [0.717, 1.165) is 39.5 Å². The lowest BCUT2D eigenvalue weighted by atomic mass is 9.73. The first-order valence-electron chi connectivity index (χ1n) is 12.3. The van der Waals surface area contributed by atoms with Crippen LogP contribution in [0.1, 0.15) is 124 Å². The fourth-order valence-electron chi connectivity index (χ4n) is 4.04. The van der Waals surface area contributed by atoms with Gasteiger partial charge in [-0.05, 0) is 20.3 Å². The van der Waals surface area contributed by atoms with Crippen molar-refractivity contribution in [1.29, 1.82) is 0 Å². The molecule has 0 saturated carbocycles. The molecular weight excluding hydrogens is 396 g/mol. The van der Waals surface area contributed by atoms with Crippen molar-refractivity contribution in [2.45, 2.75) is 135 Å². The number of aliphatic hydroxyl groups excluding tert-OH is 1. The van der Waals surface area contributed by atoms with Crippen LogP contribution in [-0.4, -0.2) is 50.5 Å². The summed E-state index contributed by atoms with van der Waals surface area (Å²) in [5.41, 5.74) is -5.70. The molecule has 0 aromatic carbocycles. The standard InChI is InChI=1S/C25H46O6/c1-4-5-6-7-8-9-10-11-12-13-14-15-16-17-18-19-23(29)25(31,22(3)28)24(30,20-26)21(2)27/h26,30-31H,4-20H2,1-3H3. The summed E-state index contributed by atoms with van der Waals surface area (Å²) in [5, 5.41) is 30.2. The van der Waals surface area contributed by atoms with Crippen LogP contribution < -0.4 is 0 Å². The van der Waals surface area contributed by atoms with Gasteiger partial charge < -0.3 is 15.3 Å². The molecule has 0 spiro atoms. The third kappa shape index (κ3) is 9.92. The van der Waals surface area contributed by atoms with Crippen LogP contribution in [0.4, 0.5) is 0 Å². The molecule has 31 heavy (non-hydrogen) atoms. The maximum absolute atomic E-state index is 12.5. The third-order valence-corrected chi connectivity index (χ3v) is 6.33. The van der Waals surface area contributed by atoms with Crippen LogP contribution in [0.3, 0.4) is 0 Å². The minimum Gasteiger partial charge on any atom is -0.393 e. The highest BCUT2D eigenvalue weighted by Crippen LogP contribution is 2.28. The molecule has 0 aliphatic heterocycles. The van der Waals surface area contributed by atoms with Gasteiger partial charge in [-0.15, -0.1) is 0 Å². The van der Waals surface area contributed by atoms with Gasteiger partial charge in [-0.2, -0.15) is 0 Å². The molecule has 3 N–H and O–H groups in total. The van der Waals surface area contributed by atoms with Crippen LogP contribution >= 0.6 is 0 Å². The van der Waals surface area contributed by atoms with Crippen LogP contribution in [0, 0.1) is 0 Å².